The van der Waals surface area contributed by atoms with E-state index in [1.165, 1.54) is 25.7 Å². The highest BCUT2D eigenvalue weighted by Crippen LogP contribution is 2.92. The van der Waals surface area contributed by atoms with Crippen LogP contribution in [-0.2, 0) is 0 Å². The fraction of sp³-hybridized carbons (Fsp3) is 0.875. The molecule has 108 valence electrons. The smallest absolute Gasteiger partial charge is 0.117 e. The van der Waals surface area contributed by atoms with Gasteiger partial charge in [-0.3, -0.25) is 0 Å². The highest BCUT2D eigenvalue weighted by atomic mass is 35.5. The molecule has 0 aliphatic heterocycles. The first-order valence-electron chi connectivity index (χ1n) is 7.84. The van der Waals surface area contributed by atoms with E-state index in [2.05, 4.69) is 6.08 Å². The topological polar surface area (TPSA) is 0 Å². The van der Waals surface area contributed by atoms with E-state index < -0.39 is 4.33 Å². The van der Waals surface area contributed by atoms with Gasteiger partial charge < -0.3 is 0 Å². The predicted molar refractivity (Wildman–Crippen MR) is 82.3 cm³/mol. The molecule has 0 heterocycles. The molecule has 7 atom stereocenters. The Morgan fingerprint density at radius 3 is 2.20 bits per heavy atom. The standard InChI is InChI=1S/C16H16Cl4/c17-7-5-6-8-9(11(12(7)18)14(6)1-2-14)15(3-4-15)13-10(8)16(13,19)20/h5-6,8-13H,1-4H2/t6-,8+,9+,10-,11-,12-,13+/m1/s1. The average molecular weight is 350 g/mol. The lowest BCUT2D eigenvalue weighted by Gasteiger charge is -2.36. The lowest BCUT2D eigenvalue weighted by molar-refractivity contribution is 0.182. The second-order valence-electron chi connectivity index (χ2n) is 8.25. The molecule has 0 nitrogen and oxygen atoms in total. The van der Waals surface area contributed by atoms with E-state index in [-0.39, 0.29) is 5.38 Å². The minimum atomic E-state index is -0.451. The summed E-state index contributed by atoms with van der Waals surface area (Å²) in [5.74, 6) is 3.65. The largest absolute Gasteiger partial charge is 0.125 e. The van der Waals surface area contributed by atoms with Crippen molar-refractivity contribution >= 4 is 46.4 Å². The summed E-state index contributed by atoms with van der Waals surface area (Å²) in [5, 5.41) is 0.941. The maximum Gasteiger partial charge on any atom is 0.125 e. The monoisotopic (exact) mass is 348 g/mol. The highest BCUT2D eigenvalue weighted by molar-refractivity contribution is 6.51. The van der Waals surface area contributed by atoms with Crippen molar-refractivity contribution in [1.29, 1.82) is 0 Å². The van der Waals surface area contributed by atoms with Gasteiger partial charge in [-0.05, 0) is 60.2 Å². The molecule has 0 aromatic rings. The molecule has 6 aliphatic carbocycles. The summed E-state index contributed by atoms with van der Waals surface area (Å²) in [6.45, 7) is 0. The lowest BCUT2D eigenvalue weighted by atomic mass is 9.72. The van der Waals surface area contributed by atoms with Gasteiger partial charge in [0, 0.05) is 16.9 Å². The summed E-state index contributed by atoms with van der Waals surface area (Å²) in [6.07, 6.45) is 7.61. The molecule has 0 aromatic carbocycles. The second kappa shape index (κ2) is 3.10. The molecule has 6 rings (SSSR count). The molecular formula is C16H16Cl4. The van der Waals surface area contributed by atoms with E-state index in [9.17, 15) is 0 Å². The third-order valence-electron chi connectivity index (χ3n) is 7.92. The van der Waals surface area contributed by atoms with Crippen molar-refractivity contribution in [3.05, 3.63) is 11.1 Å². The molecule has 0 radical (unpaired) electrons. The number of alkyl halides is 3. The van der Waals surface area contributed by atoms with Crippen LogP contribution in [0.2, 0.25) is 0 Å². The first kappa shape index (κ1) is 12.3. The molecule has 2 bridgehead atoms. The Labute approximate surface area is 139 Å². The second-order valence-corrected chi connectivity index (χ2v) is 10.6. The average Bonchev–Trinajstić information content (AvgIpc) is 3.23. The van der Waals surface area contributed by atoms with Gasteiger partial charge >= 0.3 is 0 Å². The van der Waals surface area contributed by atoms with Crippen molar-refractivity contribution in [2.45, 2.75) is 35.4 Å². The Kier molecular flexibility index (Phi) is 1.91. The maximum absolute atomic E-state index is 6.77. The van der Waals surface area contributed by atoms with Crippen molar-refractivity contribution in [3.8, 4) is 0 Å². The van der Waals surface area contributed by atoms with Crippen LogP contribution >= 0.6 is 46.4 Å². The summed E-state index contributed by atoms with van der Waals surface area (Å²) >= 11 is 26.6. The summed E-state index contributed by atoms with van der Waals surface area (Å²) in [6, 6.07) is 0. The SMILES string of the molecule is ClC1=C[C@@H]2[C@@H]3[C@@H]4[C@H](C4(Cl)Cl)C4(CC4)[C@@H]3[C@H]([C@@H]1Cl)C21CC1. The lowest BCUT2D eigenvalue weighted by Crippen LogP contribution is -2.35. The molecule has 20 heavy (non-hydrogen) atoms. The fourth-order valence-electron chi connectivity index (χ4n) is 7.18. The highest BCUT2D eigenvalue weighted by Gasteiger charge is 2.90. The van der Waals surface area contributed by atoms with Crippen LogP contribution in [0.5, 0.6) is 0 Å². The van der Waals surface area contributed by atoms with Gasteiger partial charge in [0.2, 0.25) is 0 Å². The zero-order chi connectivity index (χ0) is 13.7. The van der Waals surface area contributed by atoms with E-state index in [1.54, 1.807) is 0 Å². The fourth-order valence-corrected chi connectivity index (χ4v) is 9.05. The molecule has 0 saturated heterocycles. The van der Waals surface area contributed by atoms with E-state index in [4.69, 9.17) is 46.4 Å². The number of halogens is 4. The quantitative estimate of drug-likeness (QED) is 0.527. The van der Waals surface area contributed by atoms with Crippen LogP contribution in [0.15, 0.2) is 11.1 Å². The van der Waals surface area contributed by atoms with Crippen LogP contribution in [0.1, 0.15) is 25.7 Å². The number of hydrogen-bond acceptors (Lipinski definition) is 0. The van der Waals surface area contributed by atoms with Gasteiger partial charge in [0.1, 0.15) is 4.33 Å². The van der Waals surface area contributed by atoms with Crippen LogP contribution in [0, 0.1) is 46.3 Å². The van der Waals surface area contributed by atoms with Gasteiger partial charge in [-0.1, -0.05) is 17.7 Å². The Balaban J connectivity index is 1.56. The number of allylic oxidation sites excluding steroid dienone is 2. The van der Waals surface area contributed by atoms with Crippen molar-refractivity contribution < 1.29 is 0 Å². The zero-order valence-corrected chi connectivity index (χ0v) is 14.0. The Bertz CT molecular complexity index is 571. The Hall–Kier alpha value is 0.900. The number of rotatable bonds is 0. The van der Waals surface area contributed by atoms with Gasteiger partial charge in [-0.15, -0.1) is 34.8 Å². The molecule has 4 heteroatoms. The number of hydrogen-bond donors (Lipinski definition) is 0. The molecule has 5 fully saturated rings. The van der Waals surface area contributed by atoms with E-state index in [0.29, 0.717) is 40.4 Å². The third-order valence-corrected chi connectivity index (χ3v) is 9.88. The van der Waals surface area contributed by atoms with Gasteiger partial charge in [-0.25, -0.2) is 0 Å². The molecule has 0 amide bonds. The minimum absolute atomic E-state index is 0.0421. The van der Waals surface area contributed by atoms with Crippen molar-refractivity contribution in [3.63, 3.8) is 0 Å². The van der Waals surface area contributed by atoms with E-state index >= 15 is 0 Å². The van der Waals surface area contributed by atoms with Crippen molar-refractivity contribution in [2.75, 3.05) is 0 Å². The molecule has 0 N–H and O–H groups in total. The summed E-state index contributed by atoms with van der Waals surface area (Å²) in [5.41, 5.74) is 0.892. The Morgan fingerprint density at radius 2 is 1.60 bits per heavy atom. The maximum atomic E-state index is 6.77. The Morgan fingerprint density at radius 1 is 0.950 bits per heavy atom. The first-order valence-corrected chi connectivity index (χ1v) is 9.41. The van der Waals surface area contributed by atoms with Gasteiger partial charge in [0.05, 0.1) is 5.38 Å². The third kappa shape index (κ3) is 1.02. The van der Waals surface area contributed by atoms with Gasteiger partial charge in [-0.2, -0.15) is 0 Å². The van der Waals surface area contributed by atoms with Crippen LogP contribution in [-0.4, -0.2) is 9.71 Å². The molecule has 0 aromatic heterocycles. The van der Waals surface area contributed by atoms with Crippen molar-refractivity contribution in [2.24, 2.45) is 46.3 Å². The summed E-state index contributed by atoms with van der Waals surface area (Å²) in [4.78, 5) is 0. The summed E-state index contributed by atoms with van der Waals surface area (Å²) < 4.78 is -0.451. The van der Waals surface area contributed by atoms with E-state index in [0.717, 1.165) is 11.0 Å². The molecule has 2 spiro atoms. The molecular weight excluding hydrogens is 334 g/mol. The van der Waals surface area contributed by atoms with Crippen LogP contribution in [0.3, 0.4) is 0 Å². The normalized spacial score (nSPS) is 60.2. The van der Waals surface area contributed by atoms with Crippen LogP contribution in [0.4, 0.5) is 0 Å². The zero-order valence-electron chi connectivity index (χ0n) is 11.0. The van der Waals surface area contributed by atoms with Crippen molar-refractivity contribution in [1.82, 2.24) is 0 Å². The predicted octanol–water partition coefficient (Wildman–Crippen LogP) is 5.20. The molecule has 5 saturated carbocycles. The van der Waals surface area contributed by atoms with Gasteiger partial charge in [0.15, 0.2) is 0 Å². The first-order chi connectivity index (χ1) is 9.45. The number of fused-ring (bicyclic) bond motifs is 7. The minimum Gasteiger partial charge on any atom is -0.117 e. The van der Waals surface area contributed by atoms with E-state index in [1.807, 2.05) is 0 Å². The van der Waals surface area contributed by atoms with Gasteiger partial charge in [0.25, 0.3) is 0 Å². The summed E-state index contributed by atoms with van der Waals surface area (Å²) in [7, 11) is 0. The van der Waals surface area contributed by atoms with Crippen LogP contribution in [0.25, 0.3) is 0 Å². The molecule has 0 unspecified atom stereocenters. The molecule has 6 aliphatic rings. The van der Waals surface area contributed by atoms with Crippen LogP contribution < -0.4 is 0 Å².